The smallest absolute Gasteiger partial charge is 0.342 e. The van der Waals surface area contributed by atoms with Crippen LogP contribution in [-0.2, 0) is 16.0 Å². The van der Waals surface area contributed by atoms with Gasteiger partial charge >= 0.3 is 5.97 Å². The molecule has 0 spiro atoms. The van der Waals surface area contributed by atoms with Crippen LogP contribution in [-0.4, -0.2) is 37.5 Å². The van der Waals surface area contributed by atoms with Gasteiger partial charge in [-0.25, -0.2) is 4.79 Å². The van der Waals surface area contributed by atoms with E-state index in [2.05, 4.69) is 12.1 Å². The summed E-state index contributed by atoms with van der Waals surface area (Å²) in [6.07, 6.45) is 2.96. The average molecular weight is 388 g/mol. The van der Waals surface area contributed by atoms with E-state index < -0.39 is 5.97 Å². The first kappa shape index (κ1) is 19.2. The fourth-order valence-electron chi connectivity index (χ4n) is 3.44. The van der Waals surface area contributed by atoms with Crippen molar-refractivity contribution in [3.05, 3.63) is 64.2 Å². The van der Waals surface area contributed by atoms with Gasteiger partial charge < -0.3 is 14.4 Å². The molecular formula is C21H22ClNO4. The highest BCUT2D eigenvalue weighted by Gasteiger charge is 2.27. The minimum Gasteiger partial charge on any atom is -0.496 e. The number of fused-ring (bicyclic) bond motifs is 1. The van der Waals surface area contributed by atoms with Gasteiger partial charge in [0.2, 0.25) is 0 Å². The van der Waals surface area contributed by atoms with Gasteiger partial charge in [0.1, 0.15) is 11.3 Å². The van der Waals surface area contributed by atoms with E-state index in [0.717, 1.165) is 19.3 Å². The molecule has 1 aliphatic rings. The first-order valence-corrected chi connectivity index (χ1v) is 9.23. The van der Waals surface area contributed by atoms with E-state index in [0.29, 0.717) is 10.8 Å². The number of methoxy groups -OCH3 is 1. The third-order valence-electron chi connectivity index (χ3n) is 4.91. The van der Waals surface area contributed by atoms with Gasteiger partial charge in [0.05, 0.1) is 13.2 Å². The Morgan fingerprint density at radius 1 is 1.22 bits per heavy atom. The van der Waals surface area contributed by atoms with Crippen molar-refractivity contribution in [3.8, 4) is 5.75 Å². The summed E-state index contributed by atoms with van der Waals surface area (Å²) >= 11 is 5.90. The molecule has 6 heteroatoms. The number of rotatable bonds is 5. The third kappa shape index (κ3) is 4.25. The van der Waals surface area contributed by atoms with Crippen molar-refractivity contribution in [2.24, 2.45) is 0 Å². The maximum absolute atomic E-state index is 12.6. The average Bonchev–Trinajstić information content (AvgIpc) is 2.70. The van der Waals surface area contributed by atoms with E-state index in [1.54, 1.807) is 18.0 Å². The number of hydrogen-bond acceptors (Lipinski definition) is 4. The van der Waals surface area contributed by atoms with Crippen molar-refractivity contribution >= 4 is 23.5 Å². The summed E-state index contributed by atoms with van der Waals surface area (Å²) in [6, 6.07) is 12.8. The predicted molar refractivity (Wildman–Crippen MR) is 103 cm³/mol. The Kier molecular flexibility index (Phi) is 6.01. The summed E-state index contributed by atoms with van der Waals surface area (Å²) < 4.78 is 10.4. The molecule has 2 aromatic carbocycles. The van der Waals surface area contributed by atoms with Crippen LogP contribution in [0.3, 0.4) is 0 Å². The van der Waals surface area contributed by atoms with Crippen LogP contribution in [0.15, 0.2) is 42.5 Å². The Balaban J connectivity index is 1.65. The second-order valence-corrected chi connectivity index (χ2v) is 6.97. The van der Waals surface area contributed by atoms with Crippen molar-refractivity contribution in [2.75, 3.05) is 20.8 Å². The Labute approximate surface area is 163 Å². The zero-order valence-corrected chi connectivity index (χ0v) is 16.2. The lowest BCUT2D eigenvalue weighted by Crippen LogP contribution is -2.36. The fourth-order valence-corrected chi connectivity index (χ4v) is 3.61. The van der Waals surface area contributed by atoms with Crippen LogP contribution >= 0.6 is 11.6 Å². The van der Waals surface area contributed by atoms with E-state index in [9.17, 15) is 9.59 Å². The van der Waals surface area contributed by atoms with E-state index in [-0.39, 0.29) is 24.1 Å². The molecule has 0 radical (unpaired) electrons. The molecule has 27 heavy (non-hydrogen) atoms. The van der Waals surface area contributed by atoms with Gasteiger partial charge in [-0.15, -0.1) is 0 Å². The molecule has 0 saturated heterocycles. The Bertz CT molecular complexity index is 852. The van der Waals surface area contributed by atoms with Gasteiger partial charge in [-0.3, -0.25) is 4.79 Å². The van der Waals surface area contributed by atoms with E-state index >= 15 is 0 Å². The summed E-state index contributed by atoms with van der Waals surface area (Å²) in [5.41, 5.74) is 2.68. The second-order valence-electron chi connectivity index (χ2n) is 6.53. The Hall–Kier alpha value is -2.53. The number of ether oxygens (including phenoxy) is 2. The van der Waals surface area contributed by atoms with Crippen molar-refractivity contribution in [1.29, 1.82) is 0 Å². The highest BCUT2D eigenvalue weighted by molar-refractivity contribution is 6.30. The minimum atomic E-state index is -0.616. The van der Waals surface area contributed by atoms with Crippen LogP contribution in [0.4, 0.5) is 0 Å². The van der Waals surface area contributed by atoms with Crippen molar-refractivity contribution in [2.45, 2.75) is 25.3 Å². The number of halogens is 1. The molecule has 0 aliphatic heterocycles. The van der Waals surface area contributed by atoms with Gasteiger partial charge in [0.25, 0.3) is 5.91 Å². The van der Waals surface area contributed by atoms with E-state index in [4.69, 9.17) is 21.1 Å². The summed E-state index contributed by atoms with van der Waals surface area (Å²) in [5, 5.41) is 0.454. The largest absolute Gasteiger partial charge is 0.496 e. The number of carbonyl (C=O) groups excluding carboxylic acids is 2. The number of esters is 1. The summed E-state index contributed by atoms with van der Waals surface area (Å²) in [7, 11) is 3.20. The van der Waals surface area contributed by atoms with Gasteiger partial charge in [0.15, 0.2) is 6.61 Å². The molecule has 0 saturated carbocycles. The topological polar surface area (TPSA) is 55.8 Å². The molecule has 1 unspecified atom stereocenters. The zero-order chi connectivity index (χ0) is 19.4. The van der Waals surface area contributed by atoms with Crippen LogP contribution in [0, 0.1) is 0 Å². The standard InChI is InChI=1S/C21H22ClNO4/c1-23(18-9-5-7-14-6-3-4-8-16(14)18)20(24)13-27-21(25)17-11-10-15(22)12-19(17)26-2/h3-4,6,8,10-12,18H,5,7,9,13H2,1-2H3. The SMILES string of the molecule is COc1cc(Cl)ccc1C(=O)OCC(=O)N(C)C1CCCc2ccccc21. The van der Waals surface area contributed by atoms with Gasteiger partial charge in [0, 0.05) is 12.1 Å². The lowest BCUT2D eigenvalue weighted by Gasteiger charge is -2.33. The quantitative estimate of drug-likeness (QED) is 0.726. The maximum atomic E-state index is 12.6. The number of amides is 1. The molecular weight excluding hydrogens is 366 g/mol. The number of hydrogen-bond donors (Lipinski definition) is 0. The molecule has 3 rings (SSSR count). The monoisotopic (exact) mass is 387 g/mol. The van der Waals surface area contributed by atoms with Crippen molar-refractivity contribution in [3.63, 3.8) is 0 Å². The maximum Gasteiger partial charge on any atom is 0.342 e. The minimum absolute atomic E-state index is 0.00576. The van der Waals surface area contributed by atoms with E-state index in [1.807, 2.05) is 12.1 Å². The molecule has 0 fully saturated rings. The van der Waals surface area contributed by atoms with Gasteiger partial charge in [-0.05, 0) is 48.6 Å². The normalized spacial score (nSPS) is 15.6. The highest BCUT2D eigenvalue weighted by Crippen LogP contribution is 2.33. The summed E-state index contributed by atoms with van der Waals surface area (Å²) in [4.78, 5) is 26.6. The van der Waals surface area contributed by atoms with Crippen LogP contribution < -0.4 is 4.74 Å². The summed E-state index contributed by atoms with van der Waals surface area (Å²) in [6.45, 7) is -0.320. The first-order valence-electron chi connectivity index (χ1n) is 8.85. The van der Waals surface area contributed by atoms with Crippen LogP contribution in [0.5, 0.6) is 5.75 Å². The number of benzene rings is 2. The molecule has 0 N–H and O–H groups in total. The highest BCUT2D eigenvalue weighted by atomic mass is 35.5. The molecule has 1 amide bonds. The molecule has 0 bridgehead atoms. The lowest BCUT2D eigenvalue weighted by molar-refractivity contribution is -0.135. The number of nitrogens with zero attached hydrogens (tertiary/aromatic N) is 1. The van der Waals surface area contributed by atoms with Gasteiger partial charge in [-0.1, -0.05) is 35.9 Å². The second kappa shape index (κ2) is 8.44. The molecule has 1 aliphatic carbocycles. The molecule has 0 heterocycles. The van der Waals surface area contributed by atoms with E-state index in [1.165, 1.54) is 30.4 Å². The van der Waals surface area contributed by atoms with Crippen LogP contribution in [0.2, 0.25) is 5.02 Å². The first-order chi connectivity index (χ1) is 13.0. The van der Waals surface area contributed by atoms with Gasteiger partial charge in [-0.2, -0.15) is 0 Å². The Morgan fingerprint density at radius 2 is 2.00 bits per heavy atom. The number of carbonyl (C=O) groups is 2. The molecule has 2 aromatic rings. The zero-order valence-electron chi connectivity index (χ0n) is 15.4. The van der Waals surface area contributed by atoms with Crippen LogP contribution in [0.25, 0.3) is 0 Å². The molecule has 5 nitrogen and oxygen atoms in total. The summed E-state index contributed by atoms with van der Waals surface area (Å²) in [5.74, 6) is -0.540. The predicted octanol–water partition coefficient (Wildman–Crippen LogP) is 4.04. The number of aryl methyl sites for hydroxylation is 1. The van der Waals surface area contributed by atoms with Crippen molar-refractivity contribution in [1.82, 2.24) is 4.90 Å². The molecule has 0 aromatic heterocycles. The molecule has 1 atom stereocenters. The number of likely N-dealkylation sites (N-methyl/N-ethyl adjacent to an activating group) is 1. The van der Waals surface area contributed by atoms with Crippen molar-refractivity contribution < 1.29 is 19.1 Å². The van der Waals surface area contributed by atoms with Crippen LogP contribution in [0.1, 0.15) is 40.4 Å². The molecule has 142 valence electrons. The Morgan fingerprint density at radius 3 is 2.78 bits per heavy atom. The fraction of sp³-hybridized carbons (Fsp3) is 0.333. The lowest BCUT2D eigenvalue weighted by atomic mass is 9.87. The third-order valence-corrected chi connectivity index (χ3v) is 5.14.